The Balaban J connectivity index is 1.38. The smallest absolute Gasteiger partial charge is 0.191 e. The average molecular weight is 313 g/mol. The van der Waals surface area contributed by atoms with Gasteiger partial charge in [0.15, 0.2) is 5.96 Å². The van der Waals surface area contributed by atoms with Gasteiger partial charge in [-0.15, -0.1) is 0 Å². The molecule has 2 aromatic heterocycles. The summed E-state index contributed by atoms with van der Waals surface area (Å²) in [5, 5.41) is 6.84. The van der Waals surface area contributed by atoms with Gasteiger partial charge in [0.2, 0.25) is 0 Å². The number of aromatic nitrogens is 2. The fourth-order valence-corrected chi connectivity index (χ4v) is 3.56. The van der Waals surface area contributed by atoms with E-state index in [1.807, 2.05) is 10.6 Å². The Morgan fingerprint density at radius 2 is 2.39 bits per heavy atom. The van der Waals surface area contributed by atoms with Crippen LogP contribution in [0.5, 0.6) is 0 Å². The van der Waals surface area contributed by atoms with Crippen LogP contribution in [0.3, 0.4) is 0 Å². The lowest BCUT2D eigenvalue weighted by molar-refractivity contribution is 0.0992. The van der Waals surface area contributed by atoms with E-state index in [1.54, 1.807) is 7.05 Å². The molecule has 0 spiro atoms. The van der Waals surface area contributed by atoms with E-state index in [9.17, 15) is 0 Å². The number of nitrogens with zero attached hydrogens (tertiary/aromatic N) is 3. The van der Waals surface area contributed by atoms with Gasteiger partial charge in [0.1, 0.15) is 5.65 Å². The topological polar surface area (TPSA) is 63.0 Å². The van der Waals surface area contributed by atoms with E-state index < -0.39 is 0 Å². The maximum atomic E-state index is 5.88. The lowest BCUT2D eigenvalue weighted by Gasteiger charge is -2.22. The third kappa shape index (κ3) is 2.91. The number of fused-ring (bicyclic) bond motifs is 3. The van der Waals surface area contributed by atoms with Crippen molar-refractivity contribution in [2.45, 2.75) is 51.0 Å². The molecule has 6 nitrogen and oxygen atoms in total. The molecule has 2 aliphatic rings. The Morgan fingerprint density at radius 1 is 1.48 bits per heavy atom. The second kappa shape index (κ2) is 5.85. The van der Waals surface area contributed by atoms with Crippen LogP contribution in [0.1, 0.15) is 30.5 Å². The number of pyridine rings is 1. The number of hydrogen-bond acceptors (Lipinski definition) is 3. The molecule has 0 amide bonds. The molecule has 2 fully saturated rings. The summed E-state index contributed by atoms with van der Waals surface area (Å²) in [7, 11) is 1.80. The van der Waals surface area contributed by atoms with Crippen molar-refractivity contribution >= 4 is 11.6 Å². The van der Waals surface area contributed by atoms with Crippen LogP contribution in [0.4, 0.5) is 0 Å². The summed E-state index contributed by atoms with van der Waals surface area (Å²) in [6, 6.07) is 4.55. The molecule has 2 aromatic rings. The standard InChI is InChI=1S/C17H23N5O/c1-11-5-6-22-10-12(20-16(22)7-11)9-19-17(18-2)21-14-8-13-3-4-15(14)23-13/h5-7,10,13-15H,3-4,8-9H2,1-2H3,(H2,18,19,21). The molecule has 0 saturated carbocycles. The summed E-state index contributed by atoms with van der Waals surface area (Å²) in [5.74, 6) is 0.819. The minimum absolute atomic E-state index is 0.344. The maximum Gasteiger partial charge on any atom is 0.191 e. The highest BCUT2D eigenvalue weighted by molar-refractivity contribution is 5.80. The van der Waals surface area contributed by atoms with Gasteiger partial charge >= 0.3 is 0 Å². The van der Waals surface area contributed by atoms with Crippen molar-refractivity contribution in [3.63, 3.8) is 0 Å². The van der Waals surface area contributed by atoms with Gasteiger partial charge in [-0.1, -0.05) is 0 Å². The van der Waals surface area contributed by atoms with E-state index in [0.29, 0.717) is 24.8 Å². The quantitative estimate of drug-likeness (QED) is 0.668. The van der Waals surface area contributed by atoms with Gasteiger partial charge in [0.25, 0.3) is 0 Å². The third-order valence-corrected chi connectivity index (χ3v) is 4.75. The van der Waals surface area contributed by atoms with Crippen molar-refractivity contribution in [3.8, 4) is 0 Å². The van der Waals surface area contributed by atoms with Gasteiger partial charge in [-0.2, -0.15) is 0 Å². The first-order valence-electron chi connectivity index (χ1n) is 8.28. The molecule has 2 N–H and O–H groups in total. The molecule has 6 heteroatoms. The number of nitrogens with one attached hydrogen (secondary N) is 2. The van der Waals surface area contributed by atoms with Gasteiger partial charge in [-0.25, -0.2) is 4.98 Å². The highest BCUT2D eigenvalue weighted by atomic mass is 16.5. The monoisotopic (exact) mass is 313 g/mol. The van der Waals surface area contributed by atoms with Crippen molar-refractivity contribution in [2.24, 2.45) is 4.99 Å². The molecular formula is C17H23N5O. The molecular weight excluding hydrogens is 290 g/mol. The van der Waals surface area contributed by atoms with Gasteiger partial charge in [-0.05, 0) is 43.9 Å². The van der Waals surface area contributed by atoms with Crippen LogP contribution in [-0.2, 0) is 11.3 Å². The van der Waals surface area contributed by atoms with Crippen LogP contribution in [-0.4, -0.2) is 40.6 Å². The molecule has 3 unspecified atom stereocenters. The first-order chi connectivity index (χ1) is 11.2. The minimum Gasteiger partial charge on any atom is -0.373 e. The number of aliphatic imine (C=N–C) groups is 1. The summed E-state index contributed by atoms with van der Waals surface area (Å²) in [5.41, 5.74) is 3.20. The fourth-order valence-electron chi connectivity index (χ4n) is 3.56. The fraction of sp³-hybridized carbons (Fsp3) is 0.529. The molecule has 4 heterocycles. The molecule has 0 aliphatic carbocycles. The Bertz CT molecular complexity index is 738. The van der Waals surface area contributed by atoms with E-state index in [1.165, 1.54) is 12.0 Å². The normalized spacial score (nSPS) is 26.9. The zero-order chi connectivity index (χ0) is 15.8. The molecule has 23 heavy (non-hydrogen) atoms. The lowest BCUT2D eigenvalue weighted by atomic mass is 9.96. The van der Waals surface area contributed by atoms with E-state index in [0.717, 1.165) is 30.1 Å². The van der Waals surface area contributed by atoms with E-state index in [2.05, 4.69) is 45.9 Å². The van der Waals surface area contributed by atoms with Crippen LogP contribution < -0.4 is 10.6 Å². The van der Waals surface area contributed by atoms with Gasteiger partial charge in [0, 0.05) is 19.4 Å². The average Bonchev–Trinajstić information content (AvgIpc) is 3.25. The molecule has 4 rings (SSSR count). The Labute approximate surface area is 136 Å². The Kier molecular flexibility index (Phi) is 3.69. The van der Waals surface area contributed by atoms with Gasteiger partial charge in [0.05, 0.1) is 30.5 Å². The van der Waals surface area contributed by atoms with Crippen LogP contribution in [0.15, 0.2) is 29.5 Å². The highest BCUT2D eigenvalue weighted by Gasteiger charge is 2.41. The number of hydrogen-bond donors (Lipinski definition) is 2. The van der Waals surface area contributed by atoms with Crippen LogP contribution in [0.25, 0.3) is 5.65 Å². The van der Waals surface area contributed by atoms with Crippen LogP contribution >= 0.6 is 0 Å². The zero-order valence-electron chi connectivity index (χ0n) is 13.6. The summed E-state index contributed by atoms with van der Waals surface area (Å²) in [6.45, 7) is 2.73. The molecule has 0 aromatic carbocycles. The van der Waals surface area contributed by atoms with Crippen LogP contribution in [0.2, 0.25) is 0 Å². The highest BCUT2D eigenvalue weighted by Crippen LogP contribution is 2.34. The predicted molar refractivity (Wildman–Crippen MR) is 89.6 cm³/mol. The summed E-state index contributed by atoms with van der Waals surface area (Å²) < 4.78 is 7.93. The minimum atomic E-state index is 0.344. The molecule has 2 bridgehead atoms. The largest absolute Gasteiger partial charge is 0.373 e. The Morgan fingerprint density at radius 3 is 3.13 bits per heavy atom. The van der Waals surface area contributed by atoms with E-state index in [-0.39, 0.29) is 0 Å². The summed E-state index contributed by atoms with van der Waals surface area (Å²) >= 11 is 0. The third-order valence-electron chi connectivity index (χ3n) is 4.75. The second-order valence-electron chi connectivity index (χ2n) is 6.49. The number of ether oxygens (including phenoxy) is 1. The zero-order valence-corrected chi connectivity index (χ0v) is 13.6. The first-order valence-corrected chi connectivity index (χ1v) is 8.28. The van der Waals surface area contributed by atoms with Crippen LogP contribution in [0, 0.1) is 6.92 Å². The summed E-state index contributed by atoms with van der Waals surface area (Å²) in [6.07, 6.45) is 8.32. The van der Waals surface area contributed by atoms with E-state index in [4.69, 9.17) is 4.74 Å². The maximum absolute atomic E-state index is 5.88. The first kappa shape index (κ1) is 14.5. The van der Waals surface area contributed by atoms with Crippen molar-refractivity contribution in [1.82, 2.24) is 20.0 Å². The Hall–Kier alpha value is -2.08. The number of guanidine groups is 1. The van der Waals surface area contributed by atoms with Crippen molar-refractivity contribution in [3.05, 3.63) is 35.8 Å². The number of rotatable bonds is 3. The SMILES string of the molecule is CN=C(NCc1cn2ccc(C)cc2n1)NC1CC2CCC1O2. The molecule has 2 saturated heterocycles. The van der Waals surface area contributed by atoms with Gasteiger partial charge in [-0.3, -0.25) is 4.99 Å². The van der Waals surface area contributed by atoms with E-state index >= 15 is 0 Å². The summed E-state index contributed by atoms with van der Waals surface area (Å²) in [4.78, 5) is 8.97. The van der Waals surface area contributed by atoms with Crippen molar-refractivity contribution in [1.29, 1.82) is 0 Å². The number of aryl methyl sites for hydroxylation is 1. The molecule has 2 aliphatic heterocycles. The van der Waals surface area contributed by atoms with Crippen molar-refractivity contribution < 1.29 is 4.74 Å². The number of imidazole rings is 1. The molecule has 3 atom stereocenters. The second-order valence-corrected chi connectivity index (χ2v) is 6.49. The molecule has 0 radical (unpaired) electrons. The van der Waals surface area contributed by atoms with Crippen molar-refractivity contribution in [2.75, 3.05) is 7.05 Å². The lowest BCUT2D eigenvalue weighted by Crippen LogP contribution is -2.47. The predicted octanol–water partition coefficient (Wildman–Crippen LogP) is 1.63. The van der Waals surface area contributed by atoms with Gasteiger partial charge < -0.3 is 19.8 Å². The molecule has 122 valence electrons.